The third-order valence-electron chi connectivity index (χ3n) is 2.17. The van der Waals surface area contributed by atoms with Crippen molar-refractivity contribution in [2.45, 2.75) is 6.92 Å². The summed E-state index contributed by atoms with van der Waals surface area (Å²) in [6.07, 6.45) is 0. The SMILES string of the molecule is Cc1ccc2c(n1)C(=O)C(N)=C(Br)C2=O. The number of rotatable bonds is 0. The Kier molecular flexibility index (Phi) is 2.19. The molecule has 5 heteroatoms. The molecule has 4 nitrogen and oxygen atoms in total. The van der Waals surface area contributed by atoms with E-state index in [-0.39, 0.29) is 21.7 Å². The molecule has 0 atom stereocenters. The number of nitrogens with zero attached hydrogens (tertiary/aromatic N) is 1. The lowest BCUT2D eigenvalue weighted by Crippen LogP contribution is -2.25. The molecule has 1 aromatic rings. The Labute approximate surface area is 94.3 Å². The second kappa shape index (κ2) is 3.27. The Balaban J connectivity index is 2.73. The van der Waals surface area contributed by atoms with E-state index in [1.54, 1.807) is 19.1 Å². The molecule has 2 rings (SSSR count). The van der Waals surface area contributed by atoms with Crippen LogP contribution in [0.2, 0.25) is 0 Å². The second-order valence-corrected chi connectivity index (χ2v) is 4.03. The van der Waals surface area contributed by atoms with Crippen molar-refractivity contribution in [2.24, 2.45) is 5.73 Å². The van der Waals surface area contributed by atoms with Crippen LogP contribution >= 0.6 is 15.9 Å². The zero-order valence-corrected chi connectivity index (χ0v) is 9.46. The summed E-state index contributed by atoms with van der Waals surface area (Å²) in [6.45, 7) is 1.75. The van der Waals surface area contributed by atoms with Crippen LogP contribution in [0.3, 0.4) is 0 Å². The first-order valence-corrected chi connectivity index (χ1v) is 5.04. The number of Topliss-reactive ketones (excluding diaryl/α,β-unsaturated/α-hetero) is 2. The number of halogens is 1. The van der Waals surface area contributed by atoms with Crippen LogP contribution in [-0.2, 0) is 0 Å². The molecule has 76 valence electrons. The lowest BCUT2D eigenvalue weighted by Gasteiger charge is -2.14. The number of fused-ring (bicyclic) bond motifs is 1. The normalized spacial score (nSPS) is 15.6. The Hall–Kier alpha value is -1.49. The van der Waals surface area contributed by atoms with Crippen molar-refractivity contribution < 1.29 is 9.59 Å². The van der Waals surface area contributed by atoms with Crippen LogP contribution in [0.4, 0.5) is 0 Å². The Morgan fingerprint density at radius 2 is 1.93 bits per heavy atom. The summed E-state index contributed by atoms with van der Waals surface area (Å²) in [5, 5.41) is 0. The van der Waals surface area contributed by atoms with Crippen LogP contribution in [0, 0.1) is 6.92 Å². The van der Waals surface area contributed by atoms with Gasteiger partial charge in [-0.1, -0.05) is 0 Å². The molecule has 1 heterocycles. The molecule has 1 aliphatic rings. The molecule has 0 fully saturated rings. The van der Waals surface area contributed by atoms with Crippen LogP contribution in [0.15, 0.2) is 22.3 Å². The maximum Gasteiger partial charge on any atom is 0.229 e. The molecule has 0 aromatic carbocycles. The molecule has 0 amide bonds. The van der Waals surface area contributed by atoms with E-state index in [0.29, 0.717) is 11.3 Å². The van der Waals surface area contributed by atoms with Gasteiger partial charge in [-0.2, -0.15) is 0 Å². The highest BCUT2D eigenvalue weighted by Gasteiger charge is 2.30. The Morgan fingerprint density at radius 3 is 2.60 bits per heavy atom. The minimum atomic E-state index is -0.403. The first kappa shape index (κ1) is 10.0. The fourth-order valence-electron chi connectivity index (χ4n) is 1.38. The van der Waals surface area contributed by atoms with E-state index in [9.17, 15) is 9.59 Å². The fraction of sp³-hybridized carbons (Fsp3) is 0.100. The predicted octanol–water partition coefficient (Wildman–Crippen LogP) is 1.33. The molecule has 2 N–H and O–H groups in total. The number of carbonyl (C=O) groups is 2. The van der Waals surface area contributed by atoms with Crippen LogP contribution in [-0.4, -0.2) is 16.6 Å². The number of aromatic nitrogens is 1. The van der Waals surface area contributed by atoms with E-state index in [0.717, 1.165) is 0 Å². The van der Waals surface area contributed by atoms with Gasteiger partial charge in [-0.15, -0.1) is 0 Å². The summed E-state index contributed by atoms with van der Waals surface area (Å²) in [6, 6.07) is 3.28. The molecule has 1 aromatic heterocycles. The van der Waals surface area contributed by atoms with Gasteiger partial charge in [0, 0.05) is 5.69 Å². The number of pyridine rings is 1. The van der Waals surface area contributed by atoms with Crippen LogP contribution in [0.25, 0.3) is 0 Å². The van der Waals surface area contributed by atoms with Crippen LogP contribution in [0.5, 0.6) is 0 Å². The summed E-state index contributed by atoms with van der Waals surface area (Å²) < 4.78 is 0.116. The molecule has 0 aliphatic heterocycles. The lowest BCUT2D eigenvalue weighted by atomic mass is 9.97. The monoisotopic (exact) mass is 266 g/mol. The quantitative estimate of drug-likeness (QED) is 0.769. The number of allylic oxidation sites excluding steroid dienone is 2. The molecular formula is C10H7BrN2O2. The molecule has 0 saturated heterocycles. The number of nitrogens with two attached hydrogens (primary N) is 1. The highest BCUT2D eigenvalue weighted by Crippen LogP contribution is 2.26. The lowest BCUT2D eigenvalue weighted by molar-refractivity contribution is 0.0977. The minimum absolute atomic E-state index is 0.0781. The number of ketones is 2. The van der Waals surface area contributed by atoms with Gasteiger partial charge in [0.15, 0.2) is 0 Å². The number of carbonyl (C=O) groups excluding carboxylic acids is 2. The maximum atomic E-state index is 11.7. The van der Waals surface area contributed by atoms with E-state index in [4.69, 9.17) is 5.73 Å². The summed E-state index contributed by atoms with van der Waals surface area (Å²) in [7, 11) is 0. The van der Waals surface area contributed by atoms with Crippen molar-refractivity contribution in [3.8, 4) is 0 Å². The molecule has 1 aliphatic carbocycles. The van der Waals surface area contributed by atoms with Gasteiger partial charge in [0.05, 0.1) is 10.0 Å². The van der Waals surface area contributed by atoms with Gasteiger partial charge < -0.3 is 5.73 Å². The maximum absolute atomic E-state index is 11.7. The van der Waals surface area contributed by atoms with Crippen LogP contribution < -0.4 is 5.73 Å². The van der Waals surface area contributed by atoms with Crippen molar-refractivity contribution in [3.05, 3.63) is 39.3 Å². The van der Waals surface area contributed by atoms with Gasteiger partial charge in [-0.25, -0.2) is 4.98 Å². The van der Waals surface area contributed by atoms with Crippen molar-refractivity contribution in [1.82, 2.24) is 4.98 Å². The summed E-state index contributed by atoms with van der Waals surface area (Å²) in [4.78, 5) is 27.4. The summed E-state index contributed by atoms with van der Waals surface area (Å²) >= 11 is 3.00. The largest absolute Gasteiger partial charge is 0.394 e. The topological polar surface area (TPSA) is 73.1 Å². The van der Waals surface area contributed by atoms with E-state index < -0.39 is 5.78 Å². The molecule has 0 bridgehead atoms. The van der Waals surface area contributed by atoms with Gasteiger partial charge in [0.1, 0.15) is 11.4 Å². The van der Waals surface area contributed by atoms with E-state index in [1.807, 2.05) is 0 Å². The van der Waals surface area contributed by atoms with E-state index in [1.165, 1.54) is 0 Å². The molecule has 15 heavy (non-hydrogen) atoms. The highest BCUT2D eigenvalue weighted by atomic mass is 79.9. The molecule has 0 saturated carbocycles. The number of hydrogen-bond acceptors (Lipinski definition) is 4. The zero-order valence-electron chi connectivity index (χ0n) is 7.87. The number of hydrogen-bond donors (Lipinski definition) is 1. The Morgan fingerprint density at radius 1 is 1.27 bits per heavy atom. The third-order valence-corrected chi connectivity index (χ3v) is 2.96. The molecule has 0 radical (unpaired) electrons. The van der Waals surface area contributed by atoms with Gasteiger partial charge >= 0.3 is 0 Å². The fourth-order valence-corrected chi connectivity index (χ4v) is 1.77. The average Bonchev–Trinajstić information content (AvgIpc) is 2.23. The first-order chi connectivity index (χ1) is 7.02. The standard InChI is InChI=1S/C10H7BrN2O2/c1-4-2-3-5-8(13-4)10(15)7(12)6(11)9(5)14/h2-3H,12H2,1H3. The average molecular weight is 267 g/mol. The Bertz CT molecular complexity index is 520. The molecular weight excluding hydrogens is 260 g/mol. The molecule has 0 spiro atoms. The van der Waals surface area contributed by atoms with Crippen molar-refractivity contribution >= 4 is 27.5 Å². The molecule has 0 unspecified atom stereocenters. The number of aryl methyl sites for hydroxylation is 1. The first-order valence-electron chi connectivity index (χ1n) is 4.24. The third kappa shape index (κ3) is 1.39. The van der Waals surface area contributed by atoms with E-state index in [2.05, 4.69) is 20.9 Å². The van der Waals surface area contributed by atoms with Crippen molar-refractivity contribution in [2.75, 3.05) is 0 Å². The summed E-state index contributed by atoms with van der Waals surface area (Å²) in [5.41, 5.74) is 6.54. The predicted molar refractivity (Wildman–Crippen MR) is 57.8 cm³/mol. The smallest absolute Gasteiger partial charge is 0.229 e. The highest BCUT2D eigenvalue weighted by molar-refractivity contribution is 9.12. The van der Waals surface area contributed by atoms with Gasteiger partial charge in [0.25, 0.3) is 0 Å². The van der Waals surface area contributed by atoms with Gasteiger partial charge in [0.2, 0.25) is 11.6 Å². The van der Waals surface area contributed by atoms with Crippen molar-refractivity contribution in [3.63, 3.8) is 0 Å². The van der Waals surface area contributed by atoms with Crippen LogP contribution in [0.1, 0.15) is 26.5 Å². The second-order valence-electron chi connectivity index (χ2n) is 3.23. The van der Waals surface area contributed by atoms with Gasteiger partial charge in [-0.05, 0) is 35.0 Å². The van der Waals surface area contributed by atoms with Crippen molar-refractivity contribution in [1.29, 1.82) is 0 Å². The summed E-state index contributed by atoms with van der Waals surface area (Å²) in [5.74, 6) is -0.699. The minimum Gasteiger partial charge on any atom is -0.394 e. The zero-order chi connectivity index (χ0) is 11.2. The van der Waals surface area contributed by atoms with E-state index >= 15 is 0 Å². The van der Waals surface area contributed by atoms with Gasteiger partial charge in [-0.3, -0.25) is 9.59 Å².